The van der Waals surface area contributed by atoms with Crippen LogP contribution in [-0.4, -0.2) is 31.4 Å². The molecule has 6 heteroatoms. The Morgan fingerprint density at radius 2 is 1.05 bits per heavy atom. The van der Waals surface area contributed by atoms with E-state index < -0.39 is 0 Å². The van der Waals surface area contributed by atoms with Crippen LogP contribution < -0.4 is 26.8 Å². The summed E-state index contributed by atoms with van der Waals surface area (Å²) in [6.07, 6.45) is 0. The van der Waals surface area contributed by atoms with Gasteiger partial charge in [-0.2, -0.15) is 0 Å². The second kappa shape index (κ2) is 14.1. The fourth-order valence-electron chi connectivity index (χ4n) is 9.65. The molecular weight excluding hydrogens is 734 g/mol. The van der Waals surface area contributed by atoms with Crippen LogP contribution in [0.3, 0.4) is 0 Å². The first-order valence-electron chi connectivity index (χ1n) is 20.6. The molecule has 11 rings (SSSR count). The highest BCUT2D eigenvalue weighted by Crippen LogP contribution is 2.50. The van der Waals surface area contributed by atoms with Crippen LogP contribution >= 0.6 is 0 Å². The molecule has 0 bridgehead atoms. The molecule has 0 saturated heterocycles. The lowest BCUT2D eigenvalue weighted by Gasteiger charge is -2.34. The zero-order valence-electron chi connectivity index (χ0n) is 33.9. The summed E-state index contributed by atoms with van der Waals surface area (Å²) in [6.45, 7) is 4.56. The Labute approximate surface area is 361 Å². The maximum Gasteiger partial charge on any atom is 0.143 e. The fourth-order valence-corrected chi connectivity index (χ4v) is 9.65. The molecule has 1 aliphatic carbocycles. The highest BCUT2D eigenvalue weighted by molar-refractivity contribution is 6.63. The van der Waals surface area contributed by atoms with Crippen molar-refractivity contribution in [1.29, 1.82) is 0 Å². The van der Waals surface area contributed by atoms with Crippen molar-refractivity contribution >= 4 is 103 Å². The van der Waals surface area contributed by atoms with Gasteiger partial charge in [0.25, 0.3) is 0 Å². The molecule has 0 aliphatic heterocycles. The average molecular weight is 769 g/mol. The van der Waals surface area contributed by atoms with Crippen molar-refractivity contribution < 1.29 is 4.42 Å². The molecule has 1 heterocycles. The van der Waals surface area contributed by atoms with E-state index in [1.54, 1.807) is 0 Å². The molecule has 0 N–H and O–H groups in total. The van der Waals surface area contributed by atoms with E-state index in [0.29, 0.717) is 33.1 Å². The monoisotopic (exact) mass is 769 g/mol. The Bertz CT molecular complexity index is 3340. The third-order valence-corrected chi connectivity index (χ3v) is 12.8. The maximum atomic E-state index is 7.17. The van der Waals surface area contributed by atoms with E-state index in [4.69, 9.17) is 35.8 Å². The van der Waals surface area contributed by atoms with E-state index in [1.165, 1.54) is 22.3 Å². The third kappa shape index (κ3) is 5.76. The summed E-state index contributed by atoms with van der Waals surface area (Å²) in [5.74, 6) is 0. The molecule has 0 amide bonds. The van der Waals surface area contributed by atoms with Crippen LogP contribution in [0.4, 0.5) is 17.1 Å². The summed E-state index contributed by atoms with van der Waals surface area (Å²) in [7, 11) is 28.4. The Morgan fingerprint density at radius 1 is 0.443 bits per heavy atom. The first kappa shape index (κ1) is 37.1. The SMILES string of the molecule is [B]c1c([B])c(N(c2ccc(-c3cccc4oc5c6ccccc6ccc5c34)cc2)c2ccc3c(c2)C(C)(C)c2ccccc2-3)c([B])c([B])c1-c1ccc(-c2ccccc2)cc1. The molecule has 1 aromatic heterocycles. The van der Waals surface area contributed by atoms with E-state index in [9.17, 15) is 0 Å². The van der Waals surface area contributed by atoms with E-state index in [2.05, 4.69) is 158 Å². The van der Waals surface area contributed by atoms with Gasteiger partial charge < -0.3 is 9.32 Å². The van der Waals surface area contributed by atoms with Gasteiger partial charge in [-0.3, -0.25) is 0 Å². The number of rotatable bonds is 6. The molecular formula is C55H35B4NO. The number of hydrogen-bond donors (Lipinski definition) is 0. The maximum absolute atomic E-state index is 7.17. The van der Waals surface area contributed by atoms with Crippen LogP contribution in [0, 0.1) is 0 Å². The van der Waals surface area contributed by atoms with Crippen LogP contribution in [0.25, 0.3) is 77.2 Å². The highest BCUT2D eigenvalue weighted by Gasteiger charge is 2.36. The van der Waals surface area contributed by atoms with Crippen LogP contribution in [0.2, 0.25) is 0 Å². The number of nitrogens with zero attached hydrogens (tertiary/aromatic N) is 1. The molecule has 9 aromatic carbocycles. The van der Waals surface area contributed by atoms with Gasteiger partial charge in [0, 0.05) is 38.6 Å². The Morgan fingerprint density at radius 3 is 1.82 bits per heavy atom. The fraction of sp³-hybridized carbons (Fsp3) is 0.0545. The predicted octanol–water partition coefficient (Wildman–Crippen LogP) is 10.7. The summed E-state index contributed by atoms with van der Waals surface area (Å²) >= 11 is 0. The topological polar surface area (TPSA) is 16.4 Å². The molecule has 61 heavy (non-hydrogen) atoms. The second-order valence-corrected chi connectivity index (χ2v) is 16.5. The molecule has 0 atom stereocenters. The van der Waals surface area contributed by atoms with Crippen molar-refractivity contribution in [2.24, 2.45) is 0 Å². The Balaban J connectivity index is 1.07. The van der Waals surface area contributed by atoms with Gasteiger partial charge in [0.15, 0.2) is 0 Å². The quantitative estimate of drug-likeness (QED) is 0.157. The van der Waals surface area contributed by atoms with Crippen LogP contribution in [0.15, 0.2) is 180 Å². The van der Waals surface area contributed by atoms with Gasteiger partial charge in [-0.05, 0) is 97.4 Å². The minimum absolute atomic E-state index is 0.236. The van der Waals surface area contributed by atoms with Crippen molar-refractivity contribution in [3.05, 3.63) is 187 Å². The zero-order chi connectivity index (χ0) is 41.6. The van der Waals surface area contributed by atoms with E-state index >= 15 is 0 Å². The van der Waals surface area contributed by atoms with Crippen LogP contribution in [-0.2, 0) is 5.41 Å². The summed E-state index contributed by atoms with van der Waals surface area (Å²) in [6, 6.07) is 61.1. The summed E-state index contributed by atoms with van der Waals surface area (Å²) in [5.41, 5.74) is 16.0. The lowest BCUT2D eigenvalue weighted by molar-refractivity contribution is 0.660. The van der Waals surface area contributed by atoms with E-state index in [1.807, 2.05) is 36.4 Å². The first-order chi connectivity index (χ1) is 29.7. The van der Waals surface area contributed by atoms with Gasteiger partial charge in [0.05, 0.1) is 0 Å². The van der Waals surface area contributed by atoms with Crippen molar-refractivity contribution in [2.75, 3.05) is 4.90 Å². The smallest absolute Gasteiger partial charge is 0.143 e. The molecule has 0 saturated carbocycles. The summed E-state index contributed by atoms with van der Waals surface area (Å²) < 4.78 is 6.54. The lowest BCUT2D eigenvalue weighted by Crippen LogP contribution is -2.46. The van der Waals surface area contributed by atoms with Gasteiger partial charge in [0.2, 0.25) is 0 Å². The summed E-state index contributed by atoms with van der Waals surface area (Å²) in [4.78, 5) is 2.10. The van der Waals surface area contributed by atoms with Crippen molar-refractivity contribution in [2.45, 2.75) is 19.3 Å². The van der Waals surface area contributed by atoms with Gasteiger partial charge in [-0.15, -0.1) is 0 Å². The van der Waals surface area contributed by atoms with Gasteiger partial charge >= 0.3 is 0 Å². The minimum atomic E-state index is -0.236. The van der Waals surface area contributed by atoms with E-state index in [0.717, 1.165) is 71.9 Å². The molecule has 1 aliphatic rings. The van der Waals surface area contributed by atoms with E-state index in [-0.39, 0.29) is 5.41 Å². The number of benzene rings is 9. The first-order valence-corrected chi connectivity index (χ1v) is 20.6. The predicted molar refractivity (Wildman–Crippen MR) is 261 cm³/mol. The number of fused-ring (bicyclic) bond motifs is 8. The molecule has 2 nitrogen and oxygen atoms in total. The summed E-state index contributed by atoms with van der Waals surface area (Å²) in [5, 5.41) is 4.40. The van der Waals surface area contributed by atoms with Crippen LogP contribution in [0.1, 0.15) is 25.0 Å². The normalized spacial score (nSPS) is 12.8. The van der Waals surface area contributed by atoms with Gasteiger partial charge in [-0.25, -0.2) is 0 Å². The number of hydrogen-bond acceptors (Lipinski definition) is 2. The minimum Gasteiger partial charge on any atom is -0.455 e. The average Bonchev–Trinajstić information content (AvgIpc) is 3.80. The van der Waals surface area contributed by atoms with Gasteiger partial charge in [0.1, 0.15) is 42.6 Å². The standard InChI is InChI=1S/C55H35B4NO/c1-55(2)44-17-9-8-15-41(44)42-30-28-38(31-45(42)55)60(53-51(58)49(56)47(50(57)52(53)59)36-21-19-33(20-22-36)32-11-4-3-5-12-32)37-26-23-35(24-27-37)39-16-10-18-46-48(39)43-29-25-34-13-6-7-14-40(34)54(43)61-46/h3-31H,1-2H3. The molecule has 0 spiro atoms. The Kier molecular flexibility index (Phi) is 8.58. The molecule has 0 fully saturated rings. The van der Waals surface area contributed by atoms with Crippen molar-refractivity contribution in [3.8, 4) is 44.5 Å². The second-order valence-electron chi connectivity index (χ2n) is 16.5. The molecule has 8 radical (unpaired) electrons. The molecule has 0 unspecified atom stereocenters. The number of furan rings is 1. The zero-order valence-corrected chi connectivity index (χ0v) is 33.9. The number of anilines is 3. The molecule has 10 aromatic rings. The highest BCUT2D eigenvalue weighted by atomic mass is 16.3. The van der Waals surface area contributed by atoms with Gasteiger partial charge in [-0.1, -0.05) is 175 Å². The largest absolute Gasteiger partial charge is 0.455 e. The molecule has 278 valence electrons. The Hall–Kier alpha value is -6.90. The van der Waals surface area contributed by atoms with Crippen molar-refractivity contribution in [1.82, 2.24) is 0 Å². The van der Waals surface area contributed by atoms with Crippen LogP contribution in [0.5, 0.6) is 0 Å². The lowest BCUT2D eigenvalue weighted by atomic mass is 9.64. The van der Waals surface area contributed by atoms with Crippen molar-refractivity contribution in [3.63, 3.8) is 0 Å². The third-order valence-electron chi connectivity index (χ3n) is 12.8.